The second-order valence-corrected chi connectivity index (χ2v) is 9.17. The van der Waals surface area contributed by atoms with Gasteiger partial charge in [-0.25, -0.2) is 4.98 Å². The van der Waals surface area contributed by atoms with Crippen molar-refractivity contribution in [2.45, 2.75) is 32.7 Å². The van der Waals surface area contributed by atoms with Gasteiger partial charge in [-0.2, -0.15) is 0 Å². The van der Waals surface area contributed by atoms with Crippen LogP contribution in [0.2, 0.25) is 0 Å². The lowest BCUT2D eigenvalue weighted by Crippen LogP contribution is -2.25. The largest absolute Gasteiger partial charge is 0.497 e. The van der Waals surface area contributed by atoms with Crippen molar-refractivity contribution < 1.29 is 19.0 Å². The zero-order chi connectivity index (χ0) is 25.2. The summed E-state index contributed by atoms with van der Waals surface area (Å²) in [6, 6.07) is 19.8. The van der Waals surface area contributed by atoms with Gasteiger partial charge in [-0.3, -0.25) is 4.79 Å². The van der Waals surface area contributed by atoms with Gasteiger partial charge in [0.2, 0.25) is 5.91 Å². The molecule has 1 amide bonds. The molecule has 0 radical (unpaired) electrons. The van der Waals surface area contributed by atoms with E-state index in [1.54, 1.807) is 19.1 Å². The molecule has 4 aromatic rings. The first-order chi connectivity index (χ1) is 17.5. The van der Waals surface area contributed by atoms with Crippen molar-refractivity contribution in [3.63, 3.8) is 0 Å². The van der Waals surface area contributed by atoms with Crippen LogP contribution in [0.1, 0.15) is 29.3 Å². The molecule has 1 aliphatic heterocycles. The third kappa shape index (κ3) is 4.49. The van der Waals surface area contributed by atoms with Crippen molar-refractivity contribution in [1.29, 1.82) is 0 Å². The zero-order valence-electron chi connectivity index (χ0n) is 21.2. The maximum absolute atomic E-state index is 13.2. The number of methoxy groups -OCH3 is 2. The molecule has 0 aliphatic carbocycles. The predicted octanol–water partition coefficient (Wildman–Crippen LogP) is 5.27. The number of hydrogen-bond acceptors (Lipinski definition) is 5. The van der Waals surface area contributed by atoms with Gasteiger partial charge in [0.1, 0.15) is 29.7 Å². The number of aromatic nitrogens is 2. The van der Waals surface area contributed by atoms with Gasteiger partial charge in [0.25, 0.3) is 0 Å². The van der Waals surface area contributed by atoms with E-state index in [-0.39, 0.29) is 11.8 Å². The normalized spacial score (nSPS) is 15.5. The number of benzene rings is 3. The number of amides is 1. The molecule has 7 heteroatoms. The fraction of sp³-hybridized carbons (Fsp3) is 0.310. The minimum atomic E-state index is -0.0538. The Morgan fingerprint density at radius 3 is 2.56 bits per heavy atom. The van der Waals surface area contributed by atoms with Crippen molar-refractivity contribution in [2.24, 2.45) is 0 Å². The minimum Gasteiger partial charge on any atom is -0.497 e. The summed E-state index contributed by atoms with van der Waals surface area (Å²) in [7, 11) is 3.22. The number of hydrogen-bond donors (Lipinski definition) is 0. The van der Waals surface area contributed by atoms with Crippen molar-refractivity contribution in [1.82, 2.24) is 9.55 Å². The van der Waals surface area contributed by atoms with Gasteiger partial charge in [-0.1, -0.05) is 29.8 Å². The van der Waals surface area contributed by atoms with Crippen LogP contribution in [-0.2, 0) is 11.3 Å². The van der Waals surface area contributed by atoms with E-state index >= 15 is 0 Å². The van der Waals surface area contributed by atoms with Crippen molar-refractivity contribution in [2.75, 3.05) is 32.3 Å². The summed E-state index contributed by atoms with van der Waals surface area (Å²) in [4.78, 5) is 19.9. The summed E-state index contributed by atoms with van der Waals surface area (Å²) in [6.45, 7) is 5.80. The number of imidazole rings is 1. The Balaban J connectivity index is 1.42. The van der Waals surface area contributed by atoms with Gasteiger partial charge in [-0.05, 0) is 49.7 Å². The quantitative estimate of drug-likeness (QED) is 0.340. The third-order valence-corrected chi connectivity index (χ3v) is 6.75. The molecule has 0 unspecified atom stereocenters. The maximum Gasteiger partial charge on any atom is 0.227 e. The van der Waals surface area contributed by atoms with Gasteiger partial charge < -0.3 is 23.7 Å². The second kappa shape index (κ2) is 9.93. The molecule has 0 spiro atoms. The number of rotatable bonds is 8. The first kappa shape index (κ1) is 23.7. The molecular weight excluding hydrogens is 454 g/mol. The Morgan fingerprint density at radius 1 is 0.972 bits per heavy atom. The van der Waals surface area contributed by atoms with Crippen LogP contribution < -0.4 is 19.1 Å². The molecule has 36 heavy (non-hydrogen) atoms. The van der Waals surface area contributed by atoms with E-state index in [2.05, 4.69) is 36.6 Å². The van der Waals surface area contributed by atoms with Crippen LogP contribution in [0.4, 0.5) is 5.69 Å². The van der Waals surface area contributed by atoms with Crippen molar-refractivity contribution in [3.8, 4) is 17.2 Å². The monoisotopic (exact) mass is 485 g/mol. The highest BCUT2D eigenvalue weighted by atomic mass is 16.5. The van der Waals surface area contributed by atoms with Crippen LogP contribution in [0.3, 0.4) is 0 Å². The SMILES string of the molecule is COc1ccc(OC)c(N2C[C@H](c3nc4ccccc4n3CCOc3ccc(C)cc3C)CC2=O)c1. The molecule has 1 aromatic heterocycles. The fourth-order valence-corrected chi connectivity index (χ4v) is 4.97. The van der Waals surface area contributed by atoms with Gasteiger partial charge in [0, 0.05) is 24.9 Å². The summed E-state index contributed by atoms with van der Waals surface area (Å²) < 4.78 is 19.3. The average Bonchev–Trinajstić information content (AvgIpc) is 3.45. The Bertz CT molecular complexity index is 1410. The highest BCUT2D eigenvalue weighted by Gasteiger charge is 2.36. The van der Waals surface area contributed by atoms with Crippen molar-refractivity contribution >= 4 is 22.6 Å². The van der Waals surface area contributed by atoms with Gasteiger partial charge in [0.15, 0.2) is 0 Å². The van der Waals surface area contributed by atoms with Crippen LogP contribution in [0.15, 0.2) is 60.7 Å². The first-order valence-corrected chi connectivity index (χ1v) is 12.2. The Hall–Kier alpha value is -4.00. The lowest BCUT2D eigenvalue weighted by molar-refractivity contribution is -0.117. The number of nitrogens with zero attached hydrogens (tertiary/aromatic N) is 3. The molecule has 0 N–H and O–H groups in total. The number of carbonyl (C=O) groups excluding carboxylic acids is 1. The van der Waals surface area contributed by atoms with Gasteiger partial charge in [-0.15, -0.1) is 0 Å². The molecule has 0 saturated carbocycles. The molecule has 2 heterocycles. The molecule has 5 rings (SSSR count). The molecular formula is C29H31N3O4. The molecule has 7 nitrogen and oxygen atoms in total. The van der Waals surface area contributed by atoms with Crippen LogP contribution in [0.25, 0.3) is 11.0 Å². The van der Waals surface area contributed by atoms with Gasteiger partial charge >= 0.3 is 0 Å². The highest BCUT2D eigenvalue weighted by molar-refractivity contribution is 5.98. The number of carbonyl (C=O) groups is 1. The molecule has 1 saturated heterocycles. The maximum atomic E-state index is 13.2. The number of aryl methyl sites for hydroxylation is 2. The highest BCUT2D eigenvalue weighted by Crippen LogP contribution is 2.39. The number of para-hydroxylation sites is 2. The molecule has 1 aliphatic rings. The van der Waals surface area contributed by atoms with E-state index in [0.29, 0.717) is 43.3 Å². The number of fused-ring (bicyclic) bond motifs is 1. The summed E-state index contributed by atoms with van der Waals surface area (Å²) in [6.07, 6.45) is 0.377. The van der Waals surface area contributed by atoms with E-state index < -0.39 is 0 Å². The van der Waals surface area contributed by atoms with E-state index in [9.17, 15) is 4.79 Å². The molecule has 3 aromatic carbocycles. The fourth-order valence-electron chi connectivity index (χ4n) is 4.97. The second-order valence-electron chi connectivity index (χ2n) is 9.17. The van der Waals surface area contributed by atoms with Crippen LogP contribution in [0, 0.1) is 13.8 Å². The summed E-state index contributed by atoms with van der Waals surface area (Å²) >= 11 is 0. The van der Waals surface area contributed by atoms with E-state index in [1.807, 2.05) is 42.5 Å². The summed E-state index contributed by atoms with van der Waals surface area (Å²) in [5.41, 5.74) is 5.01. The van der Waals surface area contributed by atoms with Crippen molar-refractivity contribution in [3.05, 3.63) is 77.6 Å². The standard InChI is InChI=1S/C29H31N3O4/c1-19-9-11-26(20(2)15-19)36-14-13-31-24-8-6-5-7-23(24)30-29(31)21-16-28(33)32(18-21)25-17-22(34-3)10-12-27(25)35-4/h5-12,15,17,21H,13-14,16,18H2,1-4H3/t21-/m1/s1. The lowest BCUT2D eigenvalue weighted by atomic mass is 10.1. The summed E-state index contributed by atoms with van der Waals surface area (Å²) in [5, 5.41) is 0. The Kier molecular flexibility index (Phi) is 6.55. The Morgan fingerprint density at radius 2 is 1.78 bits per heavy atom. The minimum absolute atomic E-state index is 0.0386. The zero-order valence-corrected chi connectivity index (χ0v) is 21.2. The Labute approximate surface area is 211 Å². The van der Waals surface area contributed by atoms with E-state index in [0.717, 1.165) is 28.2 Å². The van der Waals surface area contributed by atoms with Crippen LogP contribution >= 0.6 is 0 Å². The third-order valence-electron chi connectivity index (χ3n) is 6.75. The van der Waals surface area contributed by atoms with Crippen LogP contribution in [-0.4, -0.2) is 42.8 Å². The first-order valence-electron chi connectivity index (χ1n) is 12.2. The van der Waals surface area contributed by atoms with E-state index in [1.165, 1.54) is 5.56 Å². The smallest absolute Gasteiger partial charge is 0.227 e. The molecule has 0 bridgehead atoms. The number of ether oxygens (including phenoxy) is 3. The molecule has 186 valence electrons. The predicted molar refractivity (Wildman–Crippen MR) is 140 cm³/mol. The summed E-state index contributed by atoms with van der Waals surface area (Å²) in [5.74, 6) is 3.09. The molecule has 1 fully saturated rings. The van der Waals surface area contributed by atoms with Crippen LogP contribution in [0.5, 0.6) is 17.2 Å². The topological polar surface area (TPSA) is 65.8 Å². The molecule has 1 atom stereocenters. The lowest BCUT2D eigenvalue weighted by Gasteiger charge is -2.20. The number of anilines is 1. The average molecular weight is 486 g/mol. The van der Waals surface area contributed by atoms with E-state index in [4.69, 9.17) is 19.2 Å². The van der Waals surface area contributed by atoms with Gasteiger partial charge in [0.05, 0.1) is 37.5 Å².